The first-order chi connectivity index (χ1) is 9.52. The highest BCUT2D eigenvalue weighted by molar-refractivity contribution is 5.96. The molecule has 0 aliphatic rings. The van der Waals surface area contributed by atoms with Gasteiger partial charge < -0.3 is 4.74 Å². The van der Waals surface area contributed by atoms with Crippen molar-refractivity contribution in [2.75, 3.05) is 7.11 Å². The summed E-state index contributed by atoms with van der Waals surface area (Å²) >= 11 is 0. The number of carbonyl (C=O) groups is 1. The van der Waals surface area contributed by atoms with E-state index in [1.807, 2.05) is 19.1 Å². The Balaban J connectivity index is 3.63. The third-order valence-corrected chi connectivity index (χ3v) is 3.71. The molecule has 118 valence electrons. The van der Waals surface area contributed by atoms with E-state index in [0.29, 0.717) is 6.42 Å². The van der Waals surface area contributed by atoms with Gasteiger partial charge in [0.05, 0.1) is 7.11 Å². The Morgan fingerprint density at radius 3 is 1.71 bits per heavy atom. The van der Waals surface area contributed by atoms with E-state index in [9.17, 15) is 4.79 Å². The van der Waals surface area contributed by atoms with Gasteiger partial charge in [-0.1, -0.05) is 48.5 Å². The lowest BCUT2D eigenvalue weighted by molar-refractivity contribution is 0.0981. The summed E-state index contributed by atoms with van der Waals surface area (Å²) in [6.45, 7) is 15.0. The summed E-state index contributed by atoms with van der Waals surface area (Å²) in [7, 11) is 1.72. The minimum absolute atomic E-state index is 0.0617. The van der Waals surface area contributed by atoms with Gasteiger partial charge in [-0.15, -0.1) is 0 Å². The van der Waals surface area contributed by atoms with Gasteiger partial charge in [-0.2, -0.15) is 0 Å². The second-order valence-corrected chi connectivity index (χ2v) is 7.78. The predicted molar refractivity (Wildman–Crippen MR) is 89.6 cm³/mol. The second kappa shape index (κ2) is 6.21. The van der Waals surface area contributed by atoms with E-state index >= 15 is 0 Å². The fourth-order valence-corrected chi connectivity index (χ4v) is 2.50. The van der Waals surface area contributed by atoms with Crippen molar-refractivity contribution in [2.45, 2.75) is 72.1 Å². The largest absolute Gasteiger partial charge is 0.496 e. The van der Waals surface area contributed by atoms with Gasteiger partial charge >= 0.3 is 0 Å². The average molecular weight is 290 g/mol. The maximum absolute atomic E-state index is 12.4. The second-order valence-electron chi connectivity index (χ2n) is 7.78. The van der Waals surface area contributed by atoms with Crippen molar-refractivity contribution in [1.82, 2.24) is 0 Å². The Morgan fingerprint density at radius 1 is 1.00 bits per heavy atom. The van der Waals surface area contributed by atoms with Gasteiger partial charge in [-0.25, -0.2) is 0 Å². The number of hydrogen-bond donors (Lipinski definition) is 0. The van der Waals surface area contributed by atoms with Crippen LogP contribution in [0.25, 0.3) is 0 Å². The van der Waals surface area contributed by atoms with E-state index in [0.717, 1.165) is 28.9 Å². The first-order valence-corrected chi connectivity index (χ1v) is 7.78. The van der Waals surface area contributed by atoms with Crippen molar-refractivity contribution in [3.63, 3.8) is 0 Å². The highest BCUT2D eigenvalue weighted by Crippen LogP contribution is 2.40. The van der Waals surface area contributed by atoms with Gasteiger partial charge in [0.15, 0.2) is 5.78 Å². The number of ether oxygens (including phenoxy) is 1. The molecule has 0 unspecified atom stereocenters. The Bertz CT molecular complexity index is 478. The smallest absolute Gasteiger partial charge is 0.162 e. The van der Waals surface area contributed by atoms with Crippen molar-refractivity contribution in [1.29, 1.82) is 0 Å². The molecular formula is C19H30O2. The van der Waals surface area contributed by atoms with Crippen LogP contribution in [-0.4, -0.2) is 12.9 Å². The quantitative estimate of drug-likeness (QED) is 0.706. The zero-order chi connectivity index (χ0) is 16.4. The molecule has 2 heteroatoms. The van der Waals surface area contributed by atoms with E-state index < -0.39 is 0 Å². The van der Waals surface area contributed by atoms with Crippen molar-refractivity contribution in [3.8, 4) is 5.75 Å². The number of benzene rings is 1. The van der Waals surface area contributed by atoms with Crippen LogP contribution >= 0.6 is 0 Å². The fraction of sp³-hybridized carbons (Fsp3) is 0.632. The third kappa shape index (κ3) is 4.09. The van der Waals surface area contributed by atoms with E-state index in [-0.39, 0.29) is 16.6 Å². The minimum atomic E-state index is -0.0617. The van der Waals surface area contributed by atoms with Crippen LogP contribution < -0.4 is 4.74 Å². The molecule has 1 rings (SSSR count). The van der Waals surface area contributed by atoms with Gasteiger partial charge in [-0.05, 0) is 29.4 Å². The summed E-state index contributed by atoms with van der Waals surface area (Å²) in [5, 5.41) is 0. The molecule has 0 radical (unpaired) electrons. The summed E-state index contributed by atoms with van der Waals surface area (Å²) in [6.07, 6.45) is 1.47. The van der Waals surface area contributed by atoms with E-state index in [2.05, 4.69) is 41.5 Å². The fourth-order valence-electron chi connectivity index (χ4n) is 2.50. The number of hydrogen-bond acceptors (Lipinski definition) is 2. The number of rotatable bonds is 4. The Kier molecular flexibility index (Phi) is 5.25. The van der Waals surface area contributed by atoms with Gasteiger partial charge in [0.1, 0.15) is 5.75 Å². The number of methoxy groups -OCH3 is 1. The van der Waals surface area contributed by atoms with Crippen LogP contribution in [0, 0.1) is 0 Å². The molecule has 0 aromatic heterocycles. The van der Waals surface area contributed by atoms with Gasteiger partial charge in [-0.3, -0.25) is 4.79 Å². The van der Waals surface area contributed by atoms with Crippen LogP contribution in [-0.2, 0) is 10.8 Å². The molecule has 1 aromatic rings. The van der Waals surface area contributed by atoms with Crippen LogP contribution in [0.3, 0.4) is 0 Å². The van der Waals surface area contributed by atoms with Crippen LogP contribution in [0.2, 0.25) is 0 Å². The van der Waals surface area contributed by atoms with Gasteiger partial charge in [0.25, 0.3) is 0 Å². The van der Waals surface area contributed by atoms with Crippen LogP contribution in [0.1, 0.15) is 82.8 Å². The third-order valence-electron chi connectivity index (χ3n) is 3.71. The zero-order valence-corrected chi connectivity index (χ0v) is 14.9. The molecule has 21 heavy (non-hydrogen) atoms. The van der Waals surface area contributed by atoms with Crippen molar-refractivity contribution >= 4 is 5.78 Å². The Hall–Kier alpha value is -1.31. The normalized spacial score (nSPS) is 12.4. The van der Waals surface area contributed by atoms with E-state index in [4.69, 9.17) is 4.74 Å². The number of ketones is 1. The standard InChI is InChI=1S/C19H30O2/c1-9-10-16(20)13-11-14(18(2,3)4)17(21-8)15(12-13)19(5,6)7/h11-12H,9-10H2,1-8H3. The first kappa shape index (κ1) is 17.7. The summed E-state index contributed by atoms with van der Waals surface area (Å²) in [5.74, 6) is 1.14. The Morgan fingerprint density at radius 2 is 1.43 bits per heavy atom. The summed E-state index contributed by atoms with van der Waals surface area (Å²) in [6, 6.07) is 4.04. The molecule has 0 aliphatic heterocycles. The first-order valence-electron chi connectivity index (χ1n) is 7.78. The highest BCUT2D eigenvalue weighted by atomic mass is 16.5. The highest BCUT2D eigenvalue weighted by Gasteiger charge is 2.28. The lowest BCUT2D eigenvalue weighted by atomic mass is 9.78. The van der Waals surface area contributed by atoms with Crippen LogP contribution in [0.4, 0.5) is 0 Å². The monoisotopic (exact) mass is 290 g/mol. The molecule has 2 nitrogen and oxygen atoms in total. The maximum Gasteiger partial charge on any atom is 0.162 e. The van der Waals surface area contributed by atoms with Crippen LogP contribution in [0.5, 0.6) is 5.75 Å². The van der Waals surface area contributed by atoms with E-state index in [1.54, 1.807) is 7.11 Å². The molecule has 0 saturated carbocycles. The summed E-state index contributed by atoms with van der Waals surface area (Å²) in [4.78, 5) is 12.4. The minimum Gasteiger partial charge on any atom is -0.496 e. The lowest BCUT2D eigenvalue weighted by Gasteiger charge is -2.29. The number of carbonyl (C=O) groups excluding carboxylic acids is 1. The molecule has 0 aliphatic carbocycles. The average Bonchev–Trinajstić information content (AvgIpc) is 2.35. The van der Waals surface area contributed by atoms with E-state index in [1.165, 1.54) is 0 Å². The van der Waals surface area contributed by atoms with Gasteiger partial charge in [0, 0.05) is 23.1 Å². The lowest BCUT2D eigenvalue weighted by Crippen LogP contribution is -2.20. The molecule has 0 heterocycles. The summed E-state index contributed by atoms with van der Waals surface area (Å²) in [5.41, 5.74) is 2.91. The van der Waals surface area contributed by atoms with Crippen LogP contribution in [0.15, 0.2) is 12.1 Å². The molecule has 0 spiro atoms. The molecule has 0 bridgehead atoms. The predicted octanol–water partition coefficient (Wildman–Crippen LogP) is 5.27. The van der Waals surface area contributed by atoms with Crippen molar-refractivity contribution in [3.05, 3.63) is 28.8 Å². The SMILES string of the molecule is CCCC(=O)c1cc(C(C)(C)C)c(OC)c(C(C)(C)C)c1. The van der Waals surface area contributed by atoms with Crippen molar-refractivity contribution < 1.29 is 9.53 Å². The molecule has 0 amide bonds. The summed E-state index contributed by atoms with van der Waals surface area (Å²) < 4.78 is 5.71. The maximum atomic E-state index is 12.4. The molecule has 0 fully saturated rings. The number of Topliss-reactive ketones (excluding diaryl/α,β-unsaturated/α-hetero) is 1. The van der Waals surface area contributed by atoms with Gasteiger partial charge in [0.2, 0.25) is 0 Å². The topological polar surface area (TPSA) is 26.3 Å². The van der Waals surface area contributed by atoms with Crippen molar-refractivity contribution in [2.24, 2.45) is 0 Å². The molecule has 1 aromatic carbocycles. The molecule has 0 saturated heterocycles. The molecule has 0 atom stereocenters. The molecule has 0 N–H and O–H groups in total. The zero-order valence-electron chi connectivity index (χ0n) is 14.9. The Labute approximate surface area is 129 Å². The molecular weight excluding hydrogens is 260 g/mol.